The van der Waals surface area contributed by atoms with E-state index in [1.165, 1.54) is 11.1 Å². The van der Waals surface area contributed by atoms with Crippen LogP contribution in [-0.2, 0) is 31.8 Å². The number of carbonyl (C=O) groups excluding carboxylic acids is 1. The second-order valence-electron chi connectivity index (χ2n) is 10.3. The Morgan fingerprint density at radius 3 is 2.50 bits per heavy atom. The van der Waals surface area contributed by atoms with Crippen LogP contribution in [0.4, 0.5) is 11.6 Å². The minimum Gasteiger partial charge on any atom is -0.465 e. The number of fused-ring (bicyclic) bond motifs is 1. The van der Waals surface area contributed by atoms with Crippen LogP contribution < -0.4 is 10.2 Å². The van der Waals surface area contributed by atoms with Gasteiger partial charge < -0.3 is 24.4 Å². The van der Waals surface area contributed by atoms with Gasteiger partial charge >= 0.3 is 5.97 Å². The van der Waals surface area contributed by atoms with Crippen molar-refractivity contribution in [3.8, 4) is 11.5 Å². The molecule has 2 unspecified atom stereocenters. The highest BCUT2D eigenvalue weighted by molar-refractivity contribution is 5.69. The number of esters is 1. The SMILES string of the molecule is CCOCCOCCC(=O)OCC1CC1CNc1cc(N2CCc3ccccc3CC2)nc(-c2ccccn2)n1. The van der Waals surface area contributed by atoms with E-state index in [0.29, 0.717) is 50.7 Å². The van der Waals surface area contributed by atoms with Gasteiger partial charge in [-0.25, -0.2) is 9.97 Å². The van der Waals surface area contributed by atoms with Crippen molar-refractivity contribution in [1.82, 2.24) is 15.0 Å². The highest BCUT2D eigenvalue weighted by Crippen LogP contribution is 2.39. The van der Waals surface area contributed by atoms with Gasteiger partial charge in [0, 0.05) is 38.5 Å². The third-order valence-corrected chi connectivity index (χ3v) is 7.45. The van der Waals surface area contributed by atoms with Crippen molar-refractivity contribution in [2.24, 2.45) is 11.8 Å². The number of nitrogens with one attached hydrogen (secondary N) is 1. The molecule has 5 rings (SSSR count). The van der Waals surface area contributed by atoms with Gasteiger partial charge in [-0.3, -0.25) is 9.78 Å². The van der Waals surface area contributed by atoms with Crippen LogP contribution in [0.5, 0.6) is 0 Å². The second-order valence-corrected chi connectivity index (χ2v) is 10.3. The van der Waals surface area contributed by atoms with Crippen LogP contribution in [0, 0.1) is 11.8 Å². The Morgan fingerprint density at radius 2 is 1.75 bits per heavy atom. The van der Waals surface area contributed by atoms with Crippen LogP contribution in [-0.4, -0.2) is 73.6 Å². The van der Waals surface area contributed by atoms with Crippen molar-refractivity contribution in [1.29, 1.82) is 0 Å². The molecule has 3 heterocycles. The smallest absolute Gasteiger partial charge is 0.308 e. The van der Waals surface area contributed by atoms with Gasteiger partial charge in [0.05, 0.1) is 32.8 Å². The average molecular weight is 546 g/mol. The largest absolute Gasteiger partial charge is 0.465 e. The van der Waals surface area contributed by atoms with Crippen molar-refractivity contribution < 1.29 is 19.0 Å². The Hall–Kier alpha value is -3.56. The second kappa shape index (κ2) is 14.2. The Balaban J connectivity index is 1.14. The van der Waals surface area contributed by atoms with Crippen LogP contribution in [0.25, 0.3) is 11.5 Å². The zero-order chi connectivity index (χ0) is 27.6. The number of carbonyl (C=O) groups is 1. The molecule has 9 nitrogen and oxygen atoms in total. The minimum absolute atomic E-state index is 0.213. The molecule has 212 valence electrons. The molecule has 40 heavy (non-hydrogen) atoms. The van der Waals surface area contributed by atoms with E-state index < -0.39 is 0 Å². The summed E-state index contributed by atoms with van der Waals surface area (Å²) in [6.07, 6.45) is 5.04. The summed E-state index contributed by atoms with van der Waals surface area (Å²) < 4.78 is 16.1. The topological polar surface area (TPSA) is 98.7 Å². The Morgan fingerprint density at radius 1 is 0.975 bits per heavy atom. The summed E-state index contributed by atoms with van der Waals surface area (Å²) in [4.78, 5) is 28.6. The first kappa shape index (κ1) is 28.0. The third-order valence-electron chi connectivity index (χ3n) is 7.45. The lowest BCUT2D eigenvalue weighted by Gasteiger charge is -2.22. The lowest BCUT2D eigenvalue weighted by molar-refractivity contribution is -0.145. The van der Waals surface area contributed by atoms with E-state index in [1.54, 1.807) is 6.20 Å². The zero-order valence-corrected chi connectivity index (χ0v) is 23.3. The highest BCUT2D eigenvalue weighted by atomic mass is 16.5. The molecule has 9 heteroatoms. The van der Waals surface area contributed by atoms with Crippen LogP contribution in [0.2, 0.25) is 0 Å². The summed E-state index contributed by atoms with van der Waals surface area (Å²) in [5.41, 5.74) is 3.58. The van der Waals surface area contributed by atoms with Crippen LogP contribution in [0.1, 0.15) is 30.9 Å². The number of aromatic nitrogens is 3. The maximum Gasteiger partial charge on any atom is 0.308 e. The Bertz CT molecular complexity index is 1210. The molecule has 1 N–H and O–H groups in total. The van der Waals surface area contributed by atoms with Gasteiger partial charge in [-0.2, -0.15) is 0 Å². The van der Waals surface area contributed by atoms with E-state index in [1.807, 2.05) is 31.2 Å². The molecule has 0 spiro atoms. The summed E-state index contributed by atoms with van der Waals surface area (Å²) >= 11 is 0. The number of hydrogen-bond acceptors (Lipinski definition) is 9. The standard InChI is InChI=1S/C31H39N5O4/c1-2-38-17-18-39-16-12-30(37)40-22-26-19-25(26)21-33-28-20-29(35-31(34-28)27-9-5-6-13-32-27)36-14-10-23-7-3-4-8-24(23)11-15-36/h3-9,13,20,25-26H,2,10-12,14-19,21-22H2,1H3,(H,33,34,35). The van der Waals surface area contributed by atoms with Crippen molar-refractivity contribution in [3.05, 3.63) is 65.9 Å². The van der Waals surface area contributed by atoms with Crippen LogP contribution >= 0.6 is 0 Å². The van der Waals surface area contributed by atoms with Gasteiger partial charge in [0.2, 0.25) is 0 Å². The van der Waals surface area contributed by atoms with Crippen LogP contribution in [0.3, 0.4) is 0 Å². The molecule has 0 amide bonds. The van der Waals surface area contributed by atoms with Crippen LogP contribution in [0.15, 0.2) is 54.7 Å². The van der Waals surface area contributed by atoms with E-state index in [-0.39, 0.29) is 12.4 Å². The molecule has 1 saturated carbocycles. The summed E-state index contributed by atoms with van der Waals surface area (Å²) in [5, 5.41) is 3.53. The number of benzene rings is 1. The fourth-order valence-electron chi connectivity index (χ4n) is 4.99. The molecule has 0 saturated heterocycles. The average Bonchev–Trinajstić information content (AvgIpc) is 3.79. The number of nitrogens with zero attached hydrogens (tertiary/aromatic N) is 4. The lowest BCUT2D eigenvalue weighted by atomic mass is 10.0. The molecule has 1 aliphatic heterocycles. The van der Waals surface area contributed by atoms with Gasteiger partial charge in [0.15, 0.2) is 5.82 Å². The molecule has 2 aromatic heterocycles. The number of ether oxygens (including phenoxy) is 3. The fourth-order valence-corrected chi connectivity index (χ4v) is 4.99. The minimum atomic E-state index is -0.213. The molecule has 0 radical (unpaired) electrons. The summed E-state index contributed by atoms with van der Waals surface area (Å²) in [5.74, 6) is 2.92. The zero-order valence-electron chi connectivity index (χ0n) is 23.3. The highest BCUT2D eigenvalue weighted by Gasteiger charge is 2.37. The van der Waals surface area contributed by atoms with Crippen molar-refractivity contribution >= 4 is 17.6 Å². The van der Waals surface area contributed by atoms with Gasteiger partial charge in [0.25, 0.3) is 0 Å². The van der Waals surface area contributed by atoms with Crippen molar-refractivity contribution in [2.75, 3.05) is 62.9 Å². The summed E-state index contributed by atoms with van der Waals surface area (Å²) in [7, 11) is 0. The molecule has 1 aromatic carbocycles. The van der Waals surface area contributed by atoms with Gasteiger partial charge in [-0.1, -0.05) is 30.3 Å². The first-order valence-corrected chi connectivity index (χ1v) is 14.4. The maximum atomic E-state index is 12.0. The third kappa shape index (κ3) is 7.99. The molecule has 3 aromatic rings. The van der Waals surface area contributed by atoms with E-state index in [4.69, 9.17) is 24.2 Å². The van der Waals surface area contributed by atoms with Gasteiger partial charge in [-0.15, -0.1) is 0 Å². The normalized spacial score (nSPS) is 18.1. The fraction of sp³-hybridized carbons (Fsp3) is 0.484. The lowest BCUT2D eigenvalue weighted by Crippen LogP contribution is -2.27. The molecular weight excluding hydrogens is 506 g/mol. The molecule has 2 atom stereocenters. The first-order valence-electron chi connectivity index (χ1n) is 14.4. The summed E-state index contributed by atoms with van der Waals surface area (Å²) in [6.45, 7) is 7.05. The Kier molecular flexibility index (Phi) is 9.92. The number of pyridine rings is 1. The molecular formula is C31H39N5O4. The monoisotopic (exact) mass is 545 g/mol. The predicted molar refractivity (Wildman–Crippen MR) is 154 cm³/mol. The maximum absolute atomic E-state index is 12.0. The number of rotatable bonds is 14. The van der Waals surface area contributed by atoms with Crippen molar-refractivity contribution in [2.45, 2.75) is 32.6 Å². The van der Waals surface area contributed by atoms with E-state index >= 15 is 0 Å². The quantitative estimate of drug-likeness (QED) is 0.236. The van der Waals surface area contributed by atoms with E-state index in [2.05, 4.69) is 39.5 Å². The molecule has 1 fully saturated rings. The molecule has 1 aliphatic carbocycles. The van der Waals surface area contributed by atoms with Gasteiger partial charge in [-0.05, 0) is 61.3 Å². The molecule has 2 aliphatic rings. The van der Waals surface area contributed by atoms with Crippen molar-refractivity contribution in [3.63, 3.8) is 0 Å². The number of anilines is 2. The number of hydrogen-bond donors (Lipinski definition) is 1. The molecule has 0 bridgehead atoms. The van der Waals surface area contributed by atoms with Gasteiger partial charge in [0.1, 0.15) is 17.3 Å². The Labute approximate surface area is 236 Å². The predicted octanol–water partition coefficient (Wildman–Crippen LogP) is 4.18. The first-order chi connectivity index (χ1) is 19.7. The van der Waals surface area contributed by atoms with E-state index in [0.717, 1.165) is 56.2 Å². The van der Waals surface area contributed by atoms with E-state index in [9.17, 15) is 4.79 Å². The summed E-state index contributed by atoms with van der Waals surface area (Å²) in [6, 6.07) is 16.5.